The van der Waals surface area contributed by atoms with Crippen LogP contribution in [0.15, 0.2) is 53.4 Å². The lowest BCUT2D eigenvalue weighted by Gasteiger charge is -2.11. The molecule has 0 saturated carbocycles. The average molecular weight is 398 g/mol. The molecular weight excluding hydrogens is 374 g/mol. The topological polar surface area (TPSA) is 101 Å². The Morgan fingerprint density at radius 3 is 2.50 bits per heavy atom. The summed E-state index contributed by atoms with van der Waals surface area (Å²) >= 11 is 0. The summed E-state index contributed by atoms with van der Waals surface area (Å²) in [6.07, 6.45) is 0.651. The van der Waals surface area contributed by atoms with Gasteiger partial charge in [0.1, 0.15) is 0 Å². The second-order valence-electron chi connectivity index (χ2n) is 6.02. The molecule has 1 amide bonds. The monoisotopic (exact) mass is 397 g/mol. The van der Waals surface area contributed by atoms with Crippen molar-refractivity contribution in [2.45, 2.75) is 31.2 Å². The lowest BCUT2D eigenvalue weighted by atomic mass is 10.2. The van der Waals surface area contributed by atoms with Crippen molar-refractivity contribution in [1.82, 2.24) is 5.32 Å². The number of amides is 1. The molecule has 6 nitrogen and oxygen atoms in total. The second-order valence-corrected chi connectivity index (χ2v) is 7.71. The van der Waals surface area contributed by atoms with Crippen molar-refractivity contribution < 1.29 is 13.2 Å². The summed E-state index contributed by atoms with van der Waals surface area (Å²) in [7, 11) is -3.77. The molecule has 0 aromatic heterocycles. The van der Waals surface area contributed by atoms with Gasteiger partial charge in [0.05, 0.1) is 4.90 Å². The van der Waals surface area contributed by atoms with Crippen LogP contribution in [0.1, 0.15) is 29.3 Å². The molecule has 8 heteroatoms. The summed E-state index contributed by atoms with van der Waals surface area (Å²) in [6, 6.07) is 13.0. The molecule has 0 bridgehead atoms. The van der Waals surface area contributed by atoms with Crippen molar-refractivity contribution in [3.63, 3.8) is 0 Å². The lowest BCUT2D eigenvalue weighted by Crippen LogP contribution is -2.29. The summed E-state index contributed by atoms with van der Waals surface area (Å²) in [6.45, 7) is 4.18. The number of carbonyl (C=O) groups is 1. The van der Waals surface area contributed by atoms with E-state index in [0.29, 0.717) is 18.7 Å². The molecular formula is C18H24ClN3O3S. The van der Waals surface area contributed by atoms with Crippen LogP contribution in [-0.4, -0.2) is 26.9 Å². The van der Waals surface area contributed by atoms with E-state index in [0.717, 1.165) is 5.56 Å². The Morgan fingerprint density at radius 1 is 1.15 bits per heavy atom. The Balaban J connectivity index is 0.00000338. The number of hydrogen-bond acceptors (Lipinski definition) is 4. The predicted molar refractivity (Wildman–Crippen MR) is 106 cm³/mol. The van der Waals surface area contributed by atoms with Gasteiger partial charge in [0, 0.05) is 23.8 Å². The van der Waals surface area contributed by atoms with Gasteiger partial charge in [-0.1, -0.05) is 18.2 Å². The molecule has 0 radical (unpaired) electrons. The molecule has 0 spiro atoms. The first kappa shape index (κ1) is 22.0. The van der Waals surface area contributed by atoms with Crippen LogP contribution < -0.4 is 15.8 Å². The molecule has 0 saturated heterocycles. The zero-order valence-corrected chi connectivity index (χ0v) is 16.4. The van der Waals surface area contributed by atoms with Crippen LogP contribution in [0.2, 0.25) is 0 Å². The largest absolute Gasteiger partial charge is 0.352 e. The molecule has 1 atom stereocenters. The number of nitrogens with two attached hydrogens (primary N) is 1. The van der Waals surface area contributed by atoms with Gasteiger partial charge in [0.15, 0.2) is 0 Å². The zero-order valence-electron chi connectivity index (χ0n) is 14.7. The number of hydrogen-bond donors (Lipinski definition) is 3. The molecule has 0 heterocycles. The Labute approximate surface area is 160 Å². The lowest BCUT2D eigenvalue weighted by molar-refractivity contribution is 0.0952. The molecule has 1 unspecified atom stereocenters. The number of halogens is 1. The van der Waals surface area contributed by atoms with E-state index in [9.17, 15) is 13.2 Å². The van der Waals surface area contributed by atoms with Gasteiger partial charge in [-0.3, -0.25) is 9.52 Å². The minimum atomic E-state index is -3.77. The van der Waals surface area contributed by atoms with Gasteiger partial charge in [-0.2, -0.15) is 0 Å². The number of rotatable bonds is 7. The smallest absolute Gasteiger partial charge is 0.261 e. The summed E-state index contributed by atoms with van der Waals surface area (Å²) in [5.74, 6) is -0.326. The van der Waals surface area contributed by atoms with E-state index in [2.05, 4.69) is 10.0 Å². The standard InChI is InChI=1S/C18H23N3O3S.ClH/c1-13-5-3-7-16(11-13)21-25(23,24)17-8-4-6-15(12-17)18(22)20-10-9-14(2)19;/h3-8,11-12,14,21H,9-10,19H2,1-2H3,(H,20,22);1H. The maximum atomic E-state index is 12.5. The maximum Gasteiger partial charge on any atom is 0.261 e. The van der Waals surface area contributed by atoms with Gasteiger partial charge in [0.2, 0.25) is 0 Å². The molecule has 0 aliphatic heterocycles. The Kier molecular flexibility index (Phi) is 8.08. The quantitative estimate of drug-likeness (QED) is 0.668. The minimum Gasteiger partial charge on any atom is -0.352 e. The van der Waals surface area contributed by atoms with E-state index in [4.69, 9.17) is 5.73 Å². The third kappa shape index (κ3) is 6.33. The molecule has 0 aliphatic rings. The van der Waals surface area contributed by atoms with E-state index >= 15 is 0 Å². The zero-order chi connectivity index (χ0) is 18.4. The van der Waals surface area contributed by atoms with Gasteiger partial charge >= 0.3 is 0 Å². The number of aryl methyl sites for hydroxylation is 1. The SMILES string of the molecule is Cc1cccc(NS(=O)(=O)c2cccc(C(=O)NCCC(C)N)c2)c1.Cl. The van der Waals surface area contributed by atoms with Gasteiger partial charge in [-0.05, 0) is 56.2 Å². The fourth-order valence-corrected chi connectivity index (χ4v) is 3.34. The Hall–Kier alpha value is -2.09. The van der Waals surface area contributed by atoms with Crippen LogP contribution >= 0.6 is 12.4 Å². The highest BCUT2D eigenvalue weighted by atomic mass is 35.5. The first-order valence-electron chi connectivity index (χ1n) is 8.01. The van der Waals surface area contributed by atoms with Gasteiger partial charge in [0.25, 0.3) is 15.9 Å². The average Bonchev–Trinajstić information content (AvgIpc) is 2.54. The van der Waals surface area contributed by atoms with E-state index in [1.165, 1.54) is 12.1 Å². The molecule has 0 aliphatic carbocycles. The maximum absolute atomic E-state index is 12.5. The molecule has 2 aromatic rings. The van der Waals surface area contributed by atoms with Crippen molar-refractivity contribution in [3.05, 3.63) is 59.7 Å². The van der Waals surface area contributed by atoms with E-state index < -0.39 is 10.0 Å². The summed E-state index contributed by atoms with van der Waals surface area (Å²) in [4.78, 5) is 12.2. The molecule has 26 heavy (non-hydrogen) atoms. The van der Waals surface area contributed by atoms with Crippen molar-refractivity contribution in [1.29, 1.82) is 0 Å². The van der Waals surface area contributed by atoms with Gasteiger partial charge in [-0.25, -0.2) is 8.42 Å². The fraction of sp³-hybridized carbons (Fsp3) is 0.278. The molecule has 0 fully saturated rings. The summed E-state index contributed by atoms with van der Waals surface area (Å²) in [5.41, 5.74) is 7.36. The normalized spacial score (nSPS) is 12.0. The van der Waals surface area contributed by atoms with Crippen LogP contribution in [-0.2, 0) is 10.0 Å². The predicted octanol–water partition coefficient (Wildman–Crippen LogP) is 2.68. The first-order valence-corrected chi connectivity index (χ1v) is 9.49. The molecule has 2 rings (SSSR count). The van der Waals surface area contributed by atoms with Crippen LogP contribution in [0.25, 0.3) is 0 Å². The third-order valence-electron chi connectivity index (χ3n) is 3.56. The van der Waals surface area contributed by atoms with Crippen molar-refractivity contribution >= 4 is 34.0 Å². The van der Waals surface area contributed by atoms with Gasteiger partial charge in [-0.15, -0.1) is 12.4 Å². The highest BCUT2D eigenvalue weighted by Crippen LogP contribution is 2.18. The molecule has 2 aromatic carbocycles. The number of carbonyl (C=O) groups excluding carboxylic acids is 1. The van der Waals surface area contributed by atoms with Crippen molar-refractivity contribution in [2.24, 2.45) is 5.73 Å². The first-order chi connectivity index (χ1) is 11.8. The van der Waals surface area contributed by atoms with Crippen LogP contribution in [0, 0.1) is 6.92 Å². The fourth-order valence-electron chi connectivity index (χ4n) is 2.24. The highest BCUT2D eigenvalue weighted by molar-refractivity contribution is 7.92. The van der Waals surface area contributed by atoms with Gasteiger partial charge < -0.3 is 11.1 Å². The molecule has 142 valence electrons. The Morgan fingerprint density at radius 2 is 1.85 bits per heavy atom. The summed E-state index contributed by atoms with van der Waals surface area (Å²) in [5, 5.41) is 2.73. The van der Waals surface area contributed by atoms with E-state index in [-0.39, 0.29) is 34.8 Å². The van der Waals surface area contributed by atoms with Crippen molar-refractivity contribution in [2.75, 3.05) is 11.3 Å². The van der Waals surface area contributed by atoms with Crippen LogP contribution in [0.3, 0.4) is 0 Å². The highest BCUT2D eigenvalue weighted by Gasteiger charge is 2.16. The summed E-state index contributed by atoms with van der Waals surface area (Å²) < 4.78 is 27.6. The van der Waals surface area contributed by atoms with Crippen LogP contribution in [0.4, 0.5) is 5.69 Å². The van der Waals surface area contributed by atoms with E-state index in [1.807, 2.05) is 19.9 Å². The minimum absolute atomic E-state index is 0. The number of anilines is 1. The number of benzene rings is 2. The Bertz CT molecular complexity index is 854. The number of nitrogens with one attached hydrogen (secondary N) is 2. The third-order valence-corrected chi connectivity index (χ3v) is 4.94. The number of sulfonamides is 1. The van der Waals surface area contributed by atoms with E-state index in [1.54, 1.807) is 30.3 Å². The second kappa shape index (κ2) is 9.56. The molecule has 4 N–H and O–H groups in total. The van der Waals surface area contributed by atoms with Crippen molar-refractivity contribution in [3.8, 4) is 0 Å². The van der Waals surface area contributed by atoms with Crippen LogP contribution in [0.5, 0.6) is 0 Å².